The van der Waals surface area contributed by atoms with Gasteiger partial charge in [0.05, 0.1) is 0 Å². The smallest absolute Gasteiger partial charge is 0.273 e. The molecule has 0 aliphatic carbocycles. The maximum Gasteiger partial charge on any atom is 0.273 e. The molecular weight excluding hydrogens is 300 g/mol. The molecule has 2 N–H and O–H groups in total. The number of rotatable bonds is 3. The predicted molar refractivity (Wildman–Crippen MR) is 77.0 cm³/mol. The summed E-state index contributed by atoms with van der Waals surface area (Å²) in [5, 5.41) is 13.2. The lowest BCUT2D eigenvalue weighted by Crippen LogP contribution is -2.20. The summed E-state index contributed by atoms with van der Waals surface area (Å²) in [7, 11) is -3.92. The van der Waals surface area contributed by atoms with Gasteiger partial charge in [0.15, 0.2) is 5.82 Å². The van der Waals surface area contributed by atoms with Crippen molar-refractivity contribution in [3.8, 4) is 11.4 Å². The van der Waals surface area contributed by atoms with Crippen molar-refractivity contribution in [1.82, 2.24) is 14.8 Å². The topological polar surface area (TPSA) is 90.9 Å². The van der Waals surface area contributed by atoms with Crippen LogP contribution >= 0.6 is 11.6 Å². The Morgan fingerprint density at radius 2 is 1.95 bits per heavy atom. The van der Waals surface area contributed by atoms with E-state index in [9.17, 15) is 8.42 Å². The maximum atomic E-state index is 11.6. The van der Waals surface area contributed by atoms with E-state index in [1.165, 1.54) is 4.57 Å². The fraction of sp³-hybridized carbons (Fsp3) is 0.333. The first-order valence-corrected chi connectivity index (χ1v) is 7.88. The zero-order valence-electron chi connectivity index (χ0n) is 11.3. The number of halogens is 1. The van der Waals surface area contributed by atoms with E-state index in [4.69, 9.17) is 16.7 Å². The maximum absolute atomic E-state index is 11.6. The highest BCUT2D eigenvalue weighted by atomic mass is 35.5. The number of benzene rings is 1. The standard InChI is InChI=1S/C12H15ClN4O2S/c1-7(2)17-11(15-16-12(17)20(14,18)19)10-5-4-9(13)6-8(10)3/h4-7H,1-3H3,(H2,14,18,19). The molecule has 0 radical (unpaired) electrons. The van der Waals surface area contributed by atoms with Gasteiger partial charge in [0.1, 0.15) is 0 Å². The fourth-order valence-electron chi connectivity index (χ4n) is 2.00. The number of hydrogen-bond acceptors (Lipinski definition) is 4. The Labute approximate surface area is 122 Å². The van der Waals surface area contributed by atoms with Crippen LogP contribution in [0.1, 0.15) is 25.5 Å². The quantitative estimate of drug-likeness (QED) is 0.939. The number of hydrogen-bond donors (Lipinski definition) is 1. The Morgan fingerprint density at radius 3 is 2.45 bits per heavy atom. The summed E-state index contributed by atoms with van der Waals surface area (Å²) >= 11 is 5.93. The first kappa shape index (κ1) is 15.0. The average Bonchev–Trinajstić information content (AvgIpc) is 2.72. The SMILES string of the molecule is Cc1cc(Cl)ccc1-c1nnc(S(N)(=O)=O)n1C(C)C. The molecule has 6 nitrogen and oxygen atoms in total. The summed E-state index contributed by atoms with van der Waals surface area (Å²) in [6.07, 6.45) is 0. The molecule has 2 aromatic rings. The second kappa shape index (κ2) is 5.16. The van der Waals surface area contributed by atoms with Gasteiger partial charge in [0.2, 0.25) is 0 Å². The number of sulfonamides is 1. The average molecular weight is 315 g/mol. The van der Waals surface area contributed by atoms with Gasteiger partial charge < -0.3 is 0 Å². The predicted octanol–water partition coefficient (Wildman–Crippen LogP) is 2.14. The van der Waals surface area contributed by atoms with Gasteiger partial charge in [-0.05, 0) is 44.5 Å². The highest BCUT2D eigenvalue weighted by Crippen LogP contribution is 2.28. The number of primary sulfonamides is 1. The van der Waals surface area contributed by atoms with Crippen molar-refractivity contribution in [2.24, 2.45) is 5.14 Å². The molecule has 0 saturated heterocycles. The van der Waals surface area contributed by atoms with E-state index in [0.717, 1.165) is 11.1 Å². The van der Waals surface area contributed by atoms with Gasteiger partial charge in [-0.15, -0.1) is 10.2 Å². The summed E-state index contributed by atoms with van der Waals surface area (Å²) in [4.78, 5) is 0. The van der Waals surface area contributed by atoms with Crippen LogP contribution in [0.4, 0.5) is 0 Å². The van der Waals surface area contributed by atoms with E-state index in [-0.39, 0.29) is 11.2 Å². The van der Waals surface area contributed by atoms with E-state index in [1.807, 2.05) is 20.8 Å². The molecule has 20 heavy (non-hydrogen) atoms. The van der Waals surface area contributed by atoms with E-state index in [1.54, 1.807) is 18.2 Å². The van der Waals surface area contributed by atoms with Crippen molar-refractivity contribution in [3.63, 3.8) is 0 Å². The van der Waals surface area contributed by atoms with E-state index >= 15 is 0 Å². The van der Waals surface area contributed by atoms with Gasteiger partial charge >= 0.3 is 0 Å². The lowest BCUT2D eigenvalue weighted by Gasteiger charge is -2.14. The van der Waals surface area contributed by atoms with Crippen molar-refractivity contribution in [2.75, 3.05) is 0 Å². The van der Waals surface area contributed by atoms with Gasteiger partial charge in [0, 0.05) is 16.6 Å². The summed E-state index contributed by atoms with van der Waals surface area (Å²) in [5.41, 5.74) is 1.65. The van der Waals surface area contributed by atoms with E-state index in [0.29, 0.717) is 10.8 Å². The minimum atomic E-state index is -3.92. The Hall–Kier alpha value is -1.44. The van der Waals surface area contributed by atoms with Gasteiger partial charge in [-0.25, -0.2) is 13.6 Å². The normalized spacial score (nSPS) is 12.1. The third-order valence-corrected chi connectivity index (χ3v) is 3.89. The fourth-order valence-corrected chi connectivity index (χ4v) is 2.95. The Morgan fingerprint density at radius 1 is 1.30 bits per heavy atom. The molecule has 1 heterocycles. The van der Waals surface area contributed by atoms with Gasteiger partial charge in [-0.3, -0.25) is 4.57 Å². The van der Waals surface area contributed by atoms with Crippen molar-refractivity contribution in [3.05, 3.63) is 28.8 Å². The molecule has 0 aliphatic heterocycles. The van der Waals surface area contributed by atoms with Gasteiger partial charge in [-0.2, -0.15) is 0 Å². The second-order valence-corrected chi connectivity index (χ2v) is 6.67. The zero-order valence-corrected chi connectivity index (χ0v) is 12.9. The Kier molecular flexibility index (Phi) is 3.86. The molecule has 0 saturated carbocycles. The summed E-state index contributed by atoms with van der Waals surface area (Å²) < 4.78 is 24.7. The molecule has 108 valence electrons. The van der Waals surface area contributed by atoms with Crippen LogP contribution < -0.4 is 5.14 Å². The van der Waals surface area contributed by atoms with Crippen LogP contribution in [0.25, 0.3) is 11.4 Å². The third-order valence-electron chi connectivity index (χ3n) is 2.86. The minimum Gasteiger partial charge on any atom is -0.294 e. The van der Waals surface area contributed by atoms with Crippen molar-refractivity contribution < 1.29 is 8.42 Å². The minimum absolute atomic E-state index is 0.150. The molecule has 0 fully saturated rings. The van der Waals surface area contributed by atoms with Crippen LogP contribution in [0, 0.1) is 6.92 Å². The van der Waals surface area contributed by atoms with Gasteiger partial charge in [-0.1, -0.05) is 11.6 Å². The molecule has 0 atom stereocenters. The molecule has 0 bridgehead atoms. The number of nitrogens with zero attached hydrogens (tertiary/aromatic N) is 3. The van der Waals surface area contributed by atoms with Crippen LogP contribution in [0.5, 0.6) is 0 Å². The summed E-state index contributed by atoms with van der Waals surface area (Å²) in [6, 6.07) is 5.14. The number of aromatic nitrogens is 3. The molecular formula is C12H15ClN4O2S. The van der Waals surface area contributed by atoms with Crippen LogP contribution in [-0.4, -0.2) is 23.2 Å². The molecule has 8 heteroatoms. The second-order valence-electron chi connectivity index (χ2n) is 4.77. The largest absolute Gasteiger partial charge is 0.294 e. The first-order chi connectivity index (χ1) is 9.21. The van der Waals surface area contributed by atoms with Crippen LogP contribution in [-0.2, 0) is 10.0 Å². The number of nitrogens with two attached hydrogens (primary N) is 1. The molecule has 0 aliphatic rings. The molecule has 0 unspecified atom stereocenters. The molecule has 0 spiro atoms. The van der Waals surface area contributed by atoms with E-state index in [2.05, 4.69) is 10.2 Å². The van der Waals surface area contributed by atoms with Crippen LogP contribution in [0.3, 0.4) is 0 Å². The zero-order chi connectivity index (χ0) is 15.1. The van der Waals surface area contributed by atoms with Crippen molar-refractivity contribution in [2.45, 2.75) is 32.0 Å². The van der Waals surface area contributed by atoms with Gasteiger partial charge in [0.25, 0.3) is 15.2 Å². The first-order valence-electron chi connectivity index (χ1n) is 5.96. The Bertz CT molecular complexity index is 753. The summed E-state index contributed by atoms with van der Waals surface area (Å²) in [5.74, 6) is 0.457. The molecule has 1 aromatic carbocycles. The molecule has 1 aromatic heterocycles. The lowest BCUT2D eigenvalue weighted by molar-refractivity contribution is 0.524. The Balaban J connectivity index is 2.73. The molecule has 2 rings (SSSR count). The third kappa shape index (κ3) is 2.70. The molecule has 0 amide bonds. The van der Waals surface area contributed by atoms with Crippen LogP contribution in [0.2, 0.25) is 5.02 Å². The number of aryl methyl sites for hydroxylation is 1. The van der Waals surface area contributed by atoms with Crippen molar-refractivity contribution >= 4 is 21.6 Å². The monoisotopic (exact) mass is 314 g/mol. The lowest BCUT2D eigenvalue weighted by atomic mass is 10.1. The highest BCUT2D eigenvalue weighted by Gasteiger charge is 2.24. The highest BCUT2D eigenvalue weighted by molar-refractivity contribution is 7.89. The summed E-state index contributed by atoms with van der Waals surface area (Å²) in [6.45, 7) is 5.55. The van der Waals surface area contributed by atoms with Crippen LogP contribution in [0.15, 0.2) is 23.4 Å². The van der Waals surface area contributed by atoms with E-state index < -0.39 is 10.0 Å². The van der Waals surface area contributed by atoms with Crippen molar-refractivity contribution in [1.29, 1.82) is 0 Å².